The van der Waals surface area contributed by atoms with Crippen molar-refractivity contribution in [2.45, 2.75) is 25.7 Å². The van der Waals surface area contributed by atoms with Crippen molar-refractivity contribution in [3.05, 3.63) is 29.6 Å². The van der Waals surface area contributed by atoms with Gasteiger partial charge in [0, 0.05) is 0 Å². The number of halogens is 1. The molecule has 0 spiro atoms. The number of carbonyl (C=O) groups is 2. The Labute approximate surface area is 127 Å². The van der Waals surface area contributed by atoms with E-state index in [1.165, 1.54) is 18.2 Å². The molecule has 110 valence electrons. The Morgan fingerprint density at radius 3 is 2.29 bits per heavy atom. The van der Waals surface area contributed by atoms with Crippen LogP contribution in [0.25, 0.3) is 0 Å². The highest BCUT2D eigenvalue weighted by atomic mass is 32.1. The van der Waals surface area contributed by atoms with Crippen molar-refractivity contribution < 1.29 is 14.0 Å². The van der Waals surface area contributed by atoms with Gasteiger partial charge in [-0.05, 0) is 25.0 Å². The van der Waals surface area contributed by atoms with Gasteiger partial charge in [-0.2, -0.15) is 0 Å². The van der Waals surface area contributed by atoms with Gasteiger partial charge in [0.05, 0.1) is 23.1 Å². The average molecular weight is 306 g/mol. The predicted octanol–water partition coefficient (Wildman–Crippen LogP) is 2.14. The number of thiocarbonyl (C=S) groups is 1. The molecule has 0 bridgehead atoms. The molecule has 0 aromatic heterocycles. The number of carbonyl (C=O) groups excluding carboxylic acids is 2. The van der Waals surface area contributed by atoms with Gasteiger partial charge in [0.25, 0.3) is 0 Å². The molecule has 4 nitrogen and oxygen atoms in total. The molecule has 0 radical (unpaired) electrons. The second kappa shape index (κ2) is 5.18. The number of imide groups is 1. The van der Waals surface area contributed by atoms with Crippen LogP contribution in [0.1, 0.15) is 31.2 Å². The highest BCUT2D eigenvalue weighted by Crippen LogP contribution is 2.41. The van der Waals surface area contributed by atoms with Crippen molar-refractivity contribution in [3.63, 3.8) is 0 Å². The largest absolute Gasteiger partial charge is 0.389 e. The summed E-state index contributed by atoms with van der Waals surface area (Å²) >= 11 is 4.87. The summed E-state index contributed by atoms with van der Waals surface area (Å²) in [5.74, 6) is -1.70. The van der Waals surface area contributed by atoms with Gasteiger partial charge in [0.15, 0.2) is 0 Å². The van der Waals surface area contributed by atoms with Crippen LogP contribution in [0.4, 0.5) is 10.1 Å². The molecule has 2 aliphatic rings. The number of nitrogens with two attached hydrogens (primary N) is 1. The standard InChI is InChI=1S/C15H15FN2O2S/c16-10-6-3-7-11(12(10)13(17)21)18-14(19)8-4-1-2-5-9(8)15(18)20/h3,6-9H,1-2,4-5H2,(H2,17,21). The summed E-state index contributed by atoms with van der Waals surface area (Å²) in [6, 6.07) is 4.19. The number of hydrogen-bond donors (Lipinski definition) is 1. The highest BCUT2D eigenvalue weighted by molar-refractivity contribution is 7.80. The molecule has 1 aromatic rings. The normalized spacial score (nSPS) is 25.1. The van der Waals surface area contributed by atoms with Gasteiger partial charge in [-0.3, -0.25) is 9.59 Å². The van der Waals surface area contributed by atoms with Gasteiger partial charge < -0.3 is 5.73 Å². The Morgan fingerprint density at radius 2 is 1.76 bits per heavy atom. The number of nitrogens with zero attached hydrogens (tertiary/aromatic N) is 1. The van der Waals surface area contributed by atoms with Gasteiger partial charge in [0.1, 0.15) is 10.8 Å². The Balaban J connectivity index is 2.09. The zero-order valence-electron chi connectivity index (χ0n) is 11.3. The molecule has 1 aliphatic carbocycles. The van der Waals surface area contributed by atoms with E-state index < -0.39 is 5.82 Å². The topological polar surface area (TPSA) is 63.4 Å². The van der Waals surface area contributed by atoms with Gasteiger partial charge in [0.2, 0.25) is 11.8 Å². The Morgan fingerprint density at radius 1 is 1.19 bits per heavy atom. The molecule has 1 saturated heterocycles. The average Bonchev–Trinajstić information content (AvgIpc) is 2.71. The molecule has 2 unspecified atom stereocenters. The molecule has 1 aliphatic heterocycles. The third-order valence-electron chi connectivity index (χ3n) is 4.32. The summed E-state index contributed by atoms with van der Waals surface area (Å²) in [7, 11) is 0. The lowest BCUT2D eigenvalue weighted by Crippen LogP contribution is -2.33. The first-order valence-electron chi connectivity index (χ1n) is 6.98. The summed E-state index contributed by atoms with van der Waals surface area (Å²) in [6.45, 7) is 0. The maximum Gasteiger partial charge on any atom is 0.237 e. The number of benzene rings is 1. The van der Waals surface area contributed by atoms with Crippen LogP contribution in [0.5, 0.6) is 0 Å². The molecule has 1 heterocycles. The molecule has 2 amide bonds. The summed E-state index contributed by atoms with van der Waals surface area (Å²) in [5.41, 5.74) is 5.70. The van der Waals surface area contributed by atoms with E-state index in [1.54, 1.807) is 0 Å². The molecule has 1 saturated carbocycles. The number of amides is 2. The predicted molar refractivity (Wildman–Crippen MR) is 80.2 cm³/mol. The molecular weight excluding hydrogens is 291 g/mol. The van der Waals surface area contributed by atoms with E-state index in [2.05, 4.69) is 0 Å². The zero-order chi connectivity index (χ0) is 15.1. The van der Waals surface area contributed by atoms with Crippen molar-refractivity contribution in [2.24, 2.45) is 17.6 Å². The number of hydrogen-bond acceptors (Lipinski definition) is 3. The van der Waals surface area contributed by atoms with E-state index in [1.807, 2.05) is 0 Å². The van der Waals surface area contributed by atoms with Crippen LogP contribution in [0.15, 0.2) is 18.2 Å². The highest BCUT2D eigenvalue weighted by Gasteiger charge is 2.49. The van der Waals surface area contributed by atoms with Crippen LogP contribution in [-0.2, 0) is 9.59 Å². The first kappa shape index (κ1) is 14.1. The van der Waals surface area contributed by atoms with Gasteiger partial charge >= 0.3 is 0 Å². The molecule has 2 atom stereocenters. The summed E-state index contributed by atoms with van der Waals surface area (Å²) in [5, 5.41) is 0. The minimum Gasteiger partial charge on any atom is -0.389 e. The second-order valence-corrected chi connectivity index (χ2v) is 5.95. The maximum absolute atomic E-state index is 14.0. The van der Waals surface area contributed by atoms with Crippen LogP contribution in [0, 0.1) is 17.7 Å². The third-order valence-corrected chi connectivity index (χ3v) is 4.52. The van der Waals surface area contributed by atoms with E-state index in [-0.39, 0.29) is 39.9 Å². The molecular formula is C15H15FN2O2S. The van der Waals surface area contributed by atoms with Crippen molar-refractivity contribution in [3.8, 4) is 0 Å². The first-order valence-corrected chi connectivity index (χ1v) is 7.39. The monoisotopic (exact) mass is 306 g/mol. The Bertz CT molecular complexity index is 623. The van der Waals surface area contributed by atoms with E-state index in [4.69, 9.17) is 18.0 Å². The van der Waals surface area contributed by atoms with Crippen LogP contribution in [0.2, 0.25) is 0 Å². The molecule has 6 heteroatoms. The van der Waals surface area contributed by atoms with E-state index in [9.17, 15) is 14.0 Å². The lowest BCUT2D eigenvalue weighted by Gasteiger charge is -2.19. The number of anilines is 1. The maximum atomic E-state index is 14.0. The molecule has 1 aromatic carbocycles. The fourth-order valence-electron chi connectivity index (χ4n) is 3.34. The Kier molecular flexibility index (Phi) is 3.49. The fraction of sp³-hybridized carbons (Fsp3) is 0.400. The third kappa shape index (κ3) is 2.14. The molecule has 2 N–H and O–H groups in total. The van der Waals surface area contributed by atoms with Crippen molar-refractivity contribution in [1.29, 1.82) is 0 Å². The SMILES string of the molecule is NC(=S)c1c(F)cccc1N1C(=O)C2CCCCC2C1=O. The quantitative estimate of drug-likeness (QED) is 0.671. The van der Waals surface area contributed by atoms with Gasteiger partial charge in [-0.25, -0.2) is 9.29 Å². The second-order valence-electron chi connectivity index (χ2n) is 5.51. The Hall–Kier alpha value is -1.82. The van der Waals surface area contributed by atoms with Crippen LogP contribution >= 0.6 is 12.2 Å². The smallest absolute Gasteiger partial charge is 0.237 e. The lowest BCUT2D eigenvalue weighted by molar-refractivity contribution is -0.122. The lowest BCUT2D eigenvalue weighted by atomic mass is 9.81. The van der Waals surface area contributed by atoms with Crippen molar-refractivity contribution in [2.75, 3.05) is 4.90 Å². The van der Waals surface area contributed by atoms with E-state index >= 15 is 0 Å². The molecule has 2 fully saturated rings. The van der Waals surface area contributed by atoms with Gasteiger partial charge in [-0.1, -0.05) is 31.1 Å². The first-order chi connectivity index (χ1) is 10.0. The van der Waals surface area contributed by atoms with Crippen LogP contribution in [-0.4, -0.2) is 16.8 Å². The van der Waals surface area contributed by atoms with Crippen molar-refractivity contribution in [1.82, 2.24) is 0 Å². The minimum absolute atomic E-state index is 0.0344. The molecule has 3 rings (SSSR count). The number of rotatable bonds is 2. The fourth-order valence-corrected chi connectivity index (χ4v) is 3.54. The van der Waals surface area contributed by atoms with E-state index in [0.29, 0.717) is 12.8 Å². The van der Waals surface area contributed by atoms with E-state index in [0.717, 1.165) is 17.7 Å². The van der Waals surface area contributed by atoms with Crippen LogP contribution in [0.3, 0.4) is 0 Å². The van der Waals surface area contributed by atoms with Gasteiger partial charge in [-0.15, -0.1) is 0 Å². The number of fused-ring (bicyclic) bond motifs is 1. The molecule has 21 heavy (non-hydrogen) atoms. The zero-order valence-corrected chi connectivity index (χ0v) is 12.2. The summed E-state index contributed by atoms with van der Waals surface area (Å²) in [4.78, 5) is 26.0. The summed E-state index contributed by atoms with van der Waals surface area (Å²) < 4.78 is 14.0. The van der Waals surface area contributed by atoms with Crippen molar-refractivity contribution >= 4 is 34.7 Å². The minimum atomic E-state index is -0.615. The van der Waals surface area contributed by atoms with Crippen LogP contribution < -0.4 is 10.6 Å². The summed E-state index contributed by atoms with van der Waals surface area (Å²) in [6.07, 6.45) is 3.31.